The maximum absolute atomic E-state index is 9.21. The van der Waals surface area contributed by atoms with Gasteiger partial charge in [0.2, 0.25) is 0 Å². The van der Waals surface area contributed by atoms with Crippen molar-refractivity contribution in [1.82, 2.24) is 0 Å². The first-order chi connectivity index (χ1) is 5.61. The van der Waals surface area contributed by atoms with Crippen molar-refractivity contribution in [3.8, 4) is 0 Å². The summed E-state index contributed by atoms with van der Waals surface area (Å²) in [5.74, 6) is 0. The Morgan fingerprint density at radius 3 is 2.25 bits per heavy atom. The van der Waals surface area contributed by atoms with Crippen LogP contribution in [0.15, 0.2) is 28.7 Å². The second kappa shape index (κ2) is 4.03. The van der Waals surface area contributed by atoms with Gasteiger partial charge < -0.3 is 10.8 Å². The maximum Gasteiger partial charge on any atom is 0.0704 e. The Bertz CT molecular complexity index is 245. The van der Waals surface area contributed by atoms with Crippen LogP contribution in [0.5, 0.6) is 0 Å². The van der Waals surface area contributed by atoms with Crippen LogP contribution in [0.1, 0.15) is 18.5 Å². The molecule has 0 aliphatic heterocycles. The SMILES string of the molecule is C[C@H](O)C(N)c1ccc(Br)cc1. The van der Waals surface area contributed by atoms with E-state index in [9.17, 15) is 5.11 Å². The molecule has 1 unspecified atom stereocenters. The number of hydrogen-bond donors (Lipinski definition) is 2. The van der Waals surface area contributed by atoms with Gasteiger partial charge in [-0.1, -0.05) is 28.1 Å². The third-order valence-electron chi connectivity index (χ3n) is 1.77. The van der Waals surface area contributed by atoms with E-state index in [-0.39, 0.29) is 6.04 Å². The Balaban J connectivity index is 2.82. The summed E-state index contributed by atoms with van der Waals surface area (Å²) in [5, 5.41) is 9.21. The number of aliphatic hydroxyl groups is 1. The first-order valence-electron chi connectivity index (χ1n) is 3.80. The van der Waals surface area contributed by atoms with E-state index in [2.05, 4.69) is 15.9 Å². The number of benzene rings is 1. The largest absolute Gasteiger partial charge is 0.391 e. The Labute approximate surface area is 80.5 Å². The minimum absolute atomic E-state index is 0.293. The van der Waals surface area contributed by atoms with Gasteiger partial charge in [0.15, 0.2) is 0 Å². The van der Waals surface area contributed by atoms with Gasteiger partial charge in [0.1, 0.15) is 0 Å². The molecule has 0 spiro atoms. The van der Waals surface area contributed by atoms with Crippen LogP contribution in [-0.4, -0.2) is 11.2 Å². The molecule has 0 amide bonds. The van der Waals surface area contributed by atoms with Crippen LogP contribution in [0.25, 0.3) is 0 Å². The molecule has 1 aromatic carbocycles. The maximum atomic E-state index is 9.21. The van der Waals surface area contributed by atoms with Gasteiger partial charge in [0, 0.05) is 4.47 Å². The van der Waals surface area contributed by atoms with Crippen molar-refractivity contribution in [2.45, 2.75) is 19.1 Å². The lowest BCUT2D eigenvalue weighted by Crippen LogP contribution is -2.22. The summed E-state index contributed by atoms with van der Waals surface area (Å²) in [5.41, 5.74) is 6.67. The fourth-order valence-electron chi connectivity index (χ4n) is 0.964. The van der Waals surface area contributed by atoms with Crippen molar-refractivity contribution in [3.63, 3.8) is 0 Å². The highest BCUT2D eigenvalue weighted by atomic mass is 79.9. The number of aliphatic hydroxyl groups excluding tert-OH is 1. The summed E-state index contributed by atoms with van der Waals surface area (Å²) >= 11 is 3.33. The second-order valence-electron chi connectivity index (χ2n) is 2.82. The first kappa shape index (κ1) is 9.71. The lowest BCUT2D eigenvalue weighted by atomic mass is 10.0. The van der Waals surface area contributed by atoms with Crippen LogP contribution < -0.4 is 5.73 Å². The van der Waals surface area contributed by atoms with Crippen LogP contribution >= 0.6 is 15.9 Å². The van der Waals surface area contributed by atoms with Gasteiger partial charge in [-0.15, -0.1) is 0 Å². The Kier molecular flexibility index (Phi) is 3.26. The van der Waals surface area contributed by atoms with Gasteiger partial charge in [-0.25, -0.2) is 0 Å². The van der Waals surface area contributed by atoms with Crippen molar-refractivity contribution < 1.29 is 5.11 Å². The molecule has 3 heteroatoms. The van der Waals surface area contributed by atoms with Crippen LogP contribution in [0.3, 0.4) is 0 Å². The summed E-state index contributed by atoms with van der Waals surface area (Å²) in [6.45, 7) is 1.69. The smallest absolute Gasteiger partial charge is 0.0704 e. The van der Waals surface area contributed by atoms with Gasteiger partial charge in [-0.3, -0.25) is 0 Å². The molecule has 3 N–H and O–H groups in total. The quantitative estimate of drug-likeness (QED) is 0.814. The molecule has 2 nitrogen and oxygen atoms in total. The molecule has 0 fully saturated rings. The zero-order chi connectivity index (χ0) is 9.14. The molecule has 0 saturated carbocycles. The molecule has 0 saturated heterocycles. The Hall–Kier alpha value is -0.380. The van der Waals surface area contributed by atoms with E-state index in [1.165, 1.54) is 0 Å². The van der Waals surface area contributed by atoms with Gasteiger partial charge in [0.25, 0.3) is 0 Å². The Morgan fingerprint density at radius 2 is 1.83 bits per heavy atom. The monoisotopic (exact) mass is 229 g/mol. The van der Waals surface area contributed by atoms with E-state index in [1.807, 2.05) is 24.3 Å². The van der Waals surface area contributed by atoms with Crippen molar-refractivity contribution in [1.29, 1.82) is 0 Å². The molecule has 2 atom stereocenters. The molecule has 0 radical (unpaired) electrons. The third-order valence-corrected chi connectivity index (χ3v) is 2.30. The third kappa shape index (κ3) is 2.30. The molecule has 0 aliphatic rings. The summed E-state index contributed by atoms with van der Waals surface area (Å²) in [6.07, 6.45) is -0.508. The minimum Gasteiger partial charge on any atom is -0.391 e. The standard InChI is InChI=1S/C9H12BrNO/c1-6(12)9(11)7-2-4-8(10)5-3-7/h2-6,9,12H,11H2,1H3/t6-,9?/m0/s1. The van der Waals surface area contributed by atoms with Crippen LogP contribution in [0.2, 0.25) is 0 Å². The van der Waals surface area contributed by atoms with Crippen molar-refractivity contribution in [2.75, 3.05) is 0 Å². The van der Waals surface area contributed by atoms with Crippen LogP contribution in [0.4, 0.5) is 0 Å². The number of nitrogens with two attached hydrogens (primary N) is 1. The molecule has 1 aromatic rings. The summed E-state index contributed by atoms with van der Waals surface area (Å²) < 4.78 is 1.02. The van der Waals surface area contributed by atoms with Crippen molar-refractivity contribution in [2.24, 2.45) is 5.73 Å². The van der Waals surface area contributed by atoms with Crippen molar-refractivity contribution in [3.05, 3.63) is 34.3 Å². The highest BCUT2D eigenvalue weighted by molar-refractivity contribution is 9.10. The summed E-state index contributed by atoms with van der Waals surface area (Å²) in [4.78, 5) is 0. The predicted octanol–water partition coefficient (Wildman–Crippen LogP) is 1.83. The highest BCUT2D eigenvalue weighted by Crippen LogP contribution is 2.17. The van der Waals surface area contributed by atoms with Gasteiger partial charge >= 0.3 is 0 Å². The molecule has 0 bridgehead atoms. The molecular weight excluding hydrogens is 218 g/mol. The topological polar surface area (TPSA) is 46.2 Å². The Morgan fingerprint density at radius 1 is 1.33 bits per heavy atom. The number of rotatable bonds is 2. The molecule has 12 heavy (non-hydrogen) atoms. The molecule has 0 heterocycles. The first-order valence-corrected chi connectivity index (χ1v) is 4.59. The van der Waals surface area contributed by atoms with Gasteiger partial charge in [0.05, 0.1) is 12.1 Å². The van der Waals surface area contributed by atoms with Crippen LogP contribution in [0, 0.1) is 0 Å². The van der Waals surface area contributed by atoms with Gasteiger partial charge in [-0.05, 0) is 24.6 Å². The lowest BCUT2D eigenvalue weighted by Gasteiger charge is -2.14. The summed E-state index contributed by atoms with van der Waals surface area (Å²) in [7, 11) is 0. The molecule has 0 aliphatic carbocycles. The molecule has 66 valence electrons. The molecule has 1 rings (SSSR count). The minimum atomic E-state index is -0.508. The van der Waals surface area contributed by atoms with E-state index in [1.54, 1.807) is 6.92 Å². The zero-order valence-corrected chi connectivity index (χ0v) is 8.45. The number of halogens is 1. The number of hydrogen-bond acceptors (Lipinski definition) is 2. The second-order valence-corrected chi connectivity index (χ2v) is 3.73. The van der Waals surface area contributed by atoms with Crippen molar-refractivity contribution >= 4 is 15.9 Å². The van der Waals surface area contributed by atoms with E-state index >= 15 is 0 Å². The van der Waals surface area contributed by atoms with E-state index in [0.717, 1.165) is 10.0 Å². The fraction of sp³-hybridized carbons (Fsp3) is 0.333. The normalized spacial score (nSPS) is 15.7. The highest BCUT2D eigenvalue weighted by Gasteiger charge is 2.10. The molecule has 0 aromatic heterocycles. The van der Waals surface area contributed by atoms with E-state index in [0.29, 0.717) is 0 Å². The predicted molar refractivity (Wildman–Crippen MR) is 52.8 cm³/mol. The van der Waals surface area contributed by atoms with Crippen LogP contribution in [-0.2, 0) is 0 Å². The average Bonchev–Trinajstić information content (AvgIpc) is 2.04. The lowest BCUT2D eigenvalue weighted by molar-refractivity contribution is 0.164. The fourth-order valence-corrected chi connectivity index (χ4v) is 1.23. The summed E-state index contributed by atoms with van der Waals surface area (Å²) in [6, 6.07) is 7.34. The van der Waals surface area contributed by atoms with Gasteiger partial charge in [-0.2, -0.15) is 0 Å². The molecular formula is C9H12BrNO. The van der Waals surface area contributed by atoms with E-state index in [4.69, 9.17) is 5.73 Å². The van der Waals surface area contributed by atoms with E-state index < -0.39 is 6.10 Å². The zero-order valence-electron chi connectivity index (χ0n) is 6.87. The average molecular weight is 230 g/mol.